The fourth-order valence-electron chi connectivity index (χ4n) is 4.11. The highest BCUT2D eigenvalue weighted by Crippen LogP contribution is 2.44. The van der Waals surface area contributed by atoms with Crippen molar-refractivity contribution in [2.45, 2.75) is 25.8 Å². The highest BCUT2D eigenvalue weighted by atomic mass is 32.1. The van der Waals surface area contributed by atoms with E-state index >= 15 is 0 Å². The van der Waals surface area contributed by atoms with Gasteiger partial charge >= 0.3 is 12.1 Å². The Kier molecular flexibility index (Phi) is 7.22. The van der Waals surface area contributed by atoms with E-state index < -0.39 is 12.1 Å². The molecule has 2 N–H and O–H groups in total. The summed E-state index contributed by atoms with van der Waals surface area (Å²) in [7, 11) is 0. The van der Waals surface area contributed by atoms with Gasteiger partial charge in [0.1, 0.15) is 18.2 Å². The molecule has 0 saturated carbocycles. The van der Waals surface area contributed by atoms with Crippen LogP contribution >= 0.6 is 11.3 Å². The first-order chi connectivity index (χ1) is 16.5. The van der Waals surface area contributed by atoms with E-state index in [1.807, 2.05) is 24.3 Å². The number of nitrogens with one attached hydrogen (secondary N) is 1. The van der Waals surface area contributed by atoms with Crippen molar-refractivity contribution in [3.8, 4) is 11.1 Å². The van der Waals surface area contributed by atoms with Crippen LogP contribution in [0, 0.1) is 0 Å². The molecule has 8 nitrogen and oxygen atoms in total. The third kappa shape index (κ3) is 5.26. The summed E-state index contributed by atoms with van der Waals surface area (Å²) in [5.74, 6) is -1.37. The lowest BCUT2D eigenvalue weighted by molar-refractivity contribution is -0.144. The summed E-state index contributed by atoms with van der Waals surface area (Å²) in [4.78, 5) is 41.1. The first-order valence-electron chi connectivity index (χ1n) is 11.0. The van der Waals surface area contributed by atoms with Crippen LogP contribution in [-0.4, -0.2) is 52.7 Å². The minimum absolute atomic E-state index is 0.0112. The van der Waals surface area contributed by atoms with E-state index in [1.165, 1.54) is 27.4 Å². The van der Waals surface area contributed by atoms with E-state index in [1.54, 1.807) is 12.3 Å². The van der Waals surface area contributed by atoms with Crippen molar-refractivity contribution in [2.24, 2.45) is 0 Å². The zero-order valence-electron chi connectivity index (χ0n) is 18.7. The molecular weight excluding hydrogens is 454 g/mol. The molecule has 1 heterocycles. The maximum Gasteiger partial charge on any atom is 0.407 e. The molecule has 0 atom stereocenters. The molecule has 1 aliphatic rings. The summed E-state index contributed by atoms with van der Waals surface area (Å²) in [5, 5.41) is 14.0. The molecule has 0 unspecified atom stereocenters. The normalized spacial score (nSPS) is 12.0. The van der Waals surface area contributed by atoms with Crippen molar-refractivity contribution in [1.82, 2.24) is 15.2 Å². The molecule has 0 radical (unpaired) electrons. The molecule has 2 aromatic carbocycles. The van der Waals surface area contributed by atoms with Crippen LogP contribution in [0.3, 0.4) is 0 Å². The lowest BCUT2D eigenvalue weighted by atomic mass is 9.98. The number of carbonyl (C=O) groups excluding carboxylic acids is 2. The third-order valence-corrected chi connectivity index (χ3v) is 6.62. The molecule has 0 saturated heterocycles. The largest absolute Gasteiger partial charge is 0.480 e. The Bertz CT molecular complexity index is 1160. The minimum atomic E-state index is -1.05. The number of carbonyl (C=O) groups is 3. The van der Waals surface area contributed by atoms with Crippen molar-refractivity contribution < 1.29 is 24.2 Å². The third-order valence-electron chi connectivity index (χ3n) is 5.72. The highest BCUT2D eigenvalue weighted by Gasteiger charge is 2.29. The Morgan fingerprint density at radius 1 is 1.09 bits per heavy atom. The number of aliphatic carboxylic acids is 1. The molecule has 34 heavy (non-hydrogen) atoms. The Morgan fingerprint density at radius 3 is 2.35 bits per heavy atom. The zero-order chi connectivity index (χ0) is 24.1. The number of benzene rings is 2. The number of amides is 2. The molecule has 0 spiro atoms. The number of aromatic nitrogens is 1. The van der Waals surface area contributed by atoms with Crippen LogP contribution in [0.25, 0.3) is 11.1 Å². The number of ether oxygens (including phenoxy) is 1. The van der Waals surface area contributed by atoms with E-state index in [4.69, 9.17) is 9.84 Å². The summed E-state index contributed by atoms with van der Waals surface area (Å²) < 4.78 is 5.53. The van der Waals surface area contributed by atoms with E-state index in [2.05, 4.69) is 34.6 Å². The Labute approximate surface area is 201 Å². The molecule has 0 fully saturated rings. The lowest BCUT2D eigenvalue weighted by Crippen LogP contribution is -2.36. The fourth-order valence-corrected chi connectivity index (χ4v) is 4.85. The van der Waals surface area contributed by atoms with Gasteiger partial charge in [-0.1, -0.05) is 48.5 Å². The highest BCUT2D eigenvalue weighted by molar-refractivity contribution is 7.09. The second kappa shape index (κ2) is 10.5. The number of likely N-dealkylation sites (N-methyl/N-ethyl adjacent to an activating group) is 1. The van der Waals surface area contributed by atoms with Crippen LogP contribution in [0.2, 0.25) is 0 Å². The van der Waals surface area contributed by atoms with Gasteiger partial charge in [0.15, 0.2) is 0 Å². The fraction of sp³-hybridized carbons (Fsp3) is 0.280. The maximum atomic E-state index is 12.3. The second-order valence-electron chi connectivity index (χ2n) is 7.89. The van der Waals surface area contributed by atoms with Crippen LogP contribution in [0.1, 0.15) is 34.7 Å². The molecule has 9 heteroatoms. The number of nitrogens with zero attached hydrogens (tertiary/aromatic N) is 2. The summed E-state index contributed by atoms with van der Waals surface area (Å²) in [5.41, 5.74) is 5.18. The van der Waals surface area contributed by atoms with Gasteiger partial charge in [0, 0.05) is 17.8 Å². The van der Waals surface area contributed by atoms with Gasteiger partial charge < -0.3 is 20.1 Å². The van der Waals surface area contributed by atoms with E-state index in [9.17, 15) is 14.4 Å². The number of hydrogen-bond acceptors (Lipinski definition) is 6. The standard InChI is InChI=1S/C25H25N3O5S/c1-2-28(13-24(30)31)23(29)11-16-15-34-22(27-16)12-26-25(32)33-14-21-19-9-5-3-7-17(19)18-8-4-6-10-20(18)21/h3-10,15,21H,2,11-14H2,1H3,(H,26,32)(H,30,31). The smallest absolute Gasteiger partial charge is 0.407 e. The van der Waals surface area contributed by atoms with Crippen LogP contribution in [0.5, 0.6) is 0 Å². The van der Waals surface area contributed by atoms with Gasteiger partial charge in [0.25, 0.3) is 0 Å². The lowest BCUT2D eigenvalue weighted by Gasteiger charge is -2.17. The number of fused-ring (bicyclic) bond motifs is 3. The van der Waals surface area contributed by atoms with E-state index in [0.29, 0.717) is 17.2 Å². The summed E-state index contributed by atoms with van der Waals surface area (Å²) >= 11 is 1.32. The molecular formula is C25H25N3O5S. The Balaban J connectivity index is 1.29. The van der Waals surface area contributed by atoms with E-state index in [0.717, 1.165) is 11.1 Å². The number of rotatable bonds is 9. The number of alkyl carbamates (subject to hydrolysis) is 1. The molecule has 4 rings (SSSR count). The van der Waals surface area contributed by atoms with Crippen molar-refractivity contribution in [3.63, 3.8) is 0 Å². The first-order valence-corrected chi connectivity index (χ1v) is 11.9. The van der Waals surface area contributed by atoms with E-state index in [-0.39, 0.29) is 37.9 Å². The molecule has 3 aromatic rings. The molecule has 176 valence electrons. The van der Waals surface area contributed by atoms with Crippen LogP contribution in [0.15, 0.2) is 53.9 Å². The minimum Gasteiger partial charge on any atom is -0.480 e. The van der Waals surface area contributed by atoms with Crippen LogP contribution in [-0.2, 0) is 27.3 Å². The van der Waals surface area contributed by atoms with Gasteiger partial charge in [-0.3, -0.25) is 9.59 Å². The molecule has 0 aliphatic heterocycles. The van der Waals surface area contributed by atoms with Crippen molar-refractivity contribution >= 4 is 29.3 Å². The number of thiazole rings is 1. The van der Waals surface area contributed by atoms with Gasteiger partial charge in [-0.05, 0) is 29.2 Å². The quantitative estimate of drug-likeness (QED) is 0.485. The predicted molar refractivity (Wildman–Crippen MR) is 128 cm³/mol. The average Bonchev–Trinajstić information content (AvgIpc) is 3.41. The molecule has 2 amide bonds. The Morgan fingerprint density at radius 2 is 1.74 bits per heavy atom. The zero-order valence-corrected chi connectivity index (χ0v) is 19.5. The summed E-state index contributed by atoms with van der Waals surface area (Å²) in [6, 6.07) is 16.3. The predicted octanol–water partition coefficient (Wildman–Crippen LogP) is 3.66. The van der Waals surface area contributed by atoms with Crippen LogP contribution in [0.4, 0.5) is 4.79 Å². The first kappa shape index (κ1) is 23.4. The Hall–Kier alpha value is -3.72. The SMILES string of the molecule is CCN(CC(=O)O)C(=O)Cc1csc(CNC(=O)OCC2c3ccccc3-c3ccccc32)n1. The number of carboxylic acid groups (broad SMARTS) is 1. The molecule has 0 bridgehead atoms. The van der Waals surface area contributed by atoms with Crippen molar-refractivity contribution in [3.05, 3.63) is 75.7 Å². The van der Waals surface area contributed by atoms with Gasteiger partial charge in [0.2, 0.25) is 5.91 Å². The average molecular weight is 480 g/mol. The van der Waals surface area contributed by atoms with Gasteiger partial charge in [-0.2, -0.15) is 0 Å². The van der Waals surface area contributed by atoms with Crippen LogP contribution < -0.4 is 5.32 Å². The van der Waals surface area contributed by atoms with Crippen molar-refractivity contribution in [1.29, 1.82) is 0 Å². The topological polar surface area (TPSA) is 109 Å². The molecule has 1 aromatic heterocycles. The van der Waals surface area contributed by atoms with Gasteiger partial charge in [0.05, 0.1) is 18.7 Å². The summed E-state index contributed by atoms with van der Waals surface area (Å²) in [6.45, 7) is 2.11. The molecule has 1 aliphatic carbocycles. The van der Waals surface area contributed by atoms with Crippen molar-refractivity contribution in [2.75, 3.05) is 19.7 Å². The van der Waals surface area contributed by atoms with Gasteiger partial charge in [-0.15, -0.1) is 11.3 Å². The summed E-state index contributed by atoms with van der Waals surface area (Å²) in [6.07, 6.45) is -0.518. The number of carboxylic acids is 1. The monoisotopic (exact) mass is 479 g/mol. The second-order valence-corrected chi connectivity index (χ2v) is 8.83. The number of hydrogen-bond donors (Lipinski definition) is 2. The maximum absolute atomic E-state index is 12.3. The van der Waals surface area contributed by atoms with Gasteiger partial charge in [-0.25, -0.2) is 9.78 Å².